The monoisotopic (exact) mass is 384 g/mol. The lowest BCUT2D eigenvalue weighted by Crippen LogP contribution is -2.36. The second kappa shape index (κ2) is 7.76. The molecule has 1 atom stereocenters. The largest absolute Gasteiger partial charge is 0.495 e. The van der Waals surface area contributed by atoms with Crippen molar-refractivity contribution in [3.8, 4) is 5.75 Å². The molecule has 0 spiro atoms. The van der Waals surface area contributed by atoms with E-state index in [1.807, 2.05) is 12.1 Å². The Morgan fingerprint density at radius 2 is 1.92 bits per heavy atom. The average Bonchev–Trinajstić information content (AvgIpc) is 3.13. The van der Waals surface area contributed by atoms with E-state index in [1.165, 1.54) is 12.1 Å². The highest BCUT2D eigenvalue weighted by Gasteiger charge is 2.31. The molecule has 0 unspecified atom stereocenters. The standard InChI is InChI=1S/C19H20ClF3N2O/c1-26-18-7-2-13(10-17(18)20)12-25(16-8-9-24-11-16)15-5-3-14(4-6-15)19(21,22)23/h2-7,10,16,24H,8-9,11-12H2,1H3/t16-/m1/s1. The highest BCUT2D eigenvalue weighted by molar-refractivity contribution is 6.32. The number of benzene rings is 2. The summed E-state index contributed by atoms with van der Waals surface area (Å²) in [5.74, 6) is 0.596. The van der Waals surface area contributed by atoms with E-state index in [0.717, 1.165) is 42.9 Å². The van der Waals surface area contributed by atoms with E-state index in [4.69, 9.17) is 16.3 Å². The number of alkyl halides is 3. The van der Waals surface area contributed by atoms with E-state index in [0.29, 0.717) is 17.3 Å². The quantitative estimate of drug-likeness (QED) is 0.806. The fourth-order valence-electron chi connectivity index (χ4n) is 3.18. The topological polar surface area (TPSA) is 24.5 Å². The van der Waals surface area contributed by atoms with Gasteiger partial charge in [0.05, 0.1) is 17.7 Å². The lowest BCUT2D eigenvalue weighted by molar-refractivity contribution is -0.137. The first-order valence-electron chi connectivity index (χ1n) is 8.35. The van der Waals surface area contributed by atoms with Crippen LogP contribution in [0.15, 0.2) is 42.5 Å². The summed E-state index contributed by atoms with van der Waals surface area (Å²) in [6.45, 7) is 2.25. The Balaban J connectivity index is 1.87. The maximum absolute atomic E-state index is 12.8. The van der Waals surface area contributed by atoms with Gasteiger partial charge in [-0.3, -0.25) is 0 Å². The van der Waals surface area contributed by atoms with Gasteiger partial charge < -0.3 is 15.0 Å². The molecule has 1 N–H and O–H groups in total. The van der Waals surface area contributed by atoms with Crippen molar-refractivity contribution >= 4 is 17.3 Å². The van der Waals surface area contributed by atoms with Crippen molar-refractivity contribution in [2.75, 3.05) is 25.1 Å². The Labute approximate surface area is 155 Å². The Bertz CT molecular complexity index is 743. The molecule has 1 aliphatic heterocycles. The van der Waals surface area contributed by atoms with E-state index >= 15 is 0 Å². The number of halogens is 4. The van der Waals surface area contributed by atoms with E-state index in [1.54, 1.807) is 13.2 Å². The van der Waals surface area contributed by atoms with Crippen molar-refractivity contribution in [3.05, 3.63) is 58.6 Å². The maximum atomic E-state index is 12.8. The molecule has 0 aromatic heterocycles. The van der Waals surface area contributed by atoms with Gasteiger partial charge in [0.1, 0.15) is 5.75 Å². The Kier molecular flexibility index (Phi) is 5.63. The molecule has 0 saturated carbocycles. The van der Waals surface area contributed by atoms with Crippen molar-refractivity contribution in [1.82, 2.24) is 5.32 Å². The van der Waals surface area contributed by atoms with Gasteiger partial charge in [-0.1, -0.05) is 17.7 Å². The predicted molar refractivity (Wildman–Crippen MR) is 96.9 cm³/mol. The summed E-state index contributed by atoms with van der Waals surface area (Å²) < 4.78 is 43.7. The second-order valence-electron chi connectivity index (χ2n) is 6.29. The zero-order chi connectivity index (χ0) is 18.7. The number of anilines is 1. The molecule has 0 bridgehead atoms. The van der Waals surface area contributed by atoms with Crippen molar-refractivity contribution in [2.45, 2.75) is 25.2 Å². The lowest BCUT2D eigenvalue weighted by atomic mass is 10.1. The van der Waals surface area contributed by atoms with Gasteiger partial charge in [0.15, 0.2) is 0 Å². The molecule has 2 aromatic rings. The van der Waals surface area contributed by atoms with Crippen LogP contribution in [0.4, 0.5) is 18.9 Å². The smallest absolute Gasteiger partial charge is 0.416 e. The SMILES string of the molecule is COc1ccc(CN(c2ccc(C(F)(F)F)cc2)[C@@H]2CCNC2)cc1Cl. The van der Waals surface area contributed by atoms with Gasteiger partial charge in [-0.25, -0.2) is 0 Å². The van der Waals surface area contributed by atoms with E-state index in [-0.39, 0.29) is 6.04 Å². The van der Waals surface area contributed by atoms with Gasteiger partial charge >= 0.3 is 6.18 Å². The fraction of sp³-hybridized carbons (Fsp3) is 0.368. The zero-order valence-electron chi connectivity index (χ0n) is 14.3. The average molecular weight is 385 g/mol. The maximum Gasteiger partial charge on any atom is 0.416 e. The summed E-state index contributed by atoms with van der Waals surface area (Å²) in [5.41, 5.74) is 1.10. The molecule has 3 nitrogen and oxygen atoms in total. The summed E-state index contributed by atoms with van der Waals surface area (Å²) in [6, 6.07) is 11.1. The van der Waals surface area contributed by atoms with E-state index in [2.05, 4.69) is 10.2 Å². The molecular formula is C19H20ClF3N2O. The van der Waals surface area contributed by atoms with Crippen LogP contribution in [0, 0.1) is 0 Å². The molecule has 0 amide bonds. The molecule has 1 aliphatic rings. The van der Waals surface area contributed by atoms with Gasteiger partial charge in [0, 0.05) is 24.8 Å². The third-order valence-electron chi connectivity index (χ3n) is 4.57. The minimum Gasteiger partial charge on any atom is -0.495 e. The molecule has 1 fully saturated rings. The third kappa shape index (κ3) is 4.24. The zero-order valence-corrected chi connectivity index (χ0v) is 15.1. The van der Waals surface area contributed by atoms with Gasteiger partial charge in [-0.2, -0.15) is 13.2 Å². The summed E-state index contributed by atoms with van der Waals surface area (Å²) in [4.78, 5) is 2.12. The second-order valence-corrected chi connectivity index (χ2v) is 6.70. The van der Waals surface area contributed by atoms with Crippen LogP contribution in [0.3, 0.4) is 0 Å². The first-order chi connectivity index (χ1) is 12.4. The Morgan fingerprint density at radius 3 is 2.46 bits per heavy atom. The van der Waals surface area contributed by atoms with Crippen molar-refractivity contribution in [3.63, 3.8) is 0 Å². The molecule has 0 aliphatic carbocycles. The number of hydrogen-bond acceptors (Lipinski definition) is 3. The van der Waals surface area contributed by atoms with E-state index < -0.39 is 11.7 Å². The highest BCUT2D eigenvalue weighted by Crippen LogP contribution is 2.32. The van der Waals surface area contributed by atoms with Crippen LogP contribution in [0.1, 0.15) is 17.5 Å². The summed E-state index contributed by atoms with van der Waals surface area (Å²) in [5, 5.41) is 3.82. The molecular weight excluding hydrogens is 365 g/mol. The fourth-order valence-corrected chi connectivity index (χ4v) is 3.46. The number of nitrogens with one attached hydrogen (secondary N) is 1. The Morgan fingerprint density at radius 1 is 1.19 bits per heavy atom. The normalized spacial score (nSPS) is 17.3. The minimum absolute atomic E-state index is 0.215. The van der Waals surface area contributed by atoms with E-state index in [9.17, 15) is 13.2 Å². The lowest BCUT2D eigenvalue weighted by Gasteiger charge is -2.31. The van der Waals surface area contributed by atoms with Crippen LogP contribution >= 0.6 is 11.6 Å². The third-order valence-corrected chi connectivity index (χ3v) is 4.87. The number of rotatable bonds is 5. The van der Waals surface area contributed by atoms with Crippen molar-refractivity contribution < 1.29 is 17.9 Å². The summed E-state index contributed by atoms with van der Waals surface area (Å²) >= 11 is 6.21. The number of nitrogens with zero attached hydrogens (tertiary/aromatic N) is 1. The van der Waals surface area contributed by atoms with Crippen LogP contribution < -0.4 is 15.0 Å². The van der Waals surface area contributed by atoms with Crippen LogP contribution in [0.2, 0.25) is 5.02 Å². The molecule has 7 heteroatoms. The van der Waals surface area contributed by atoms with Crippen LogP contribution in [-0.4, -0.2) is 26.2 Å². The van der Waals surface area contributed by atoms with Crippen molar-refractivity contribution in [1.29, 1.82) is 0 Å². The molecule has 3 rings (SSSR count). The summed E-state index contributed by atoms with van der Waals surface area (Å²) in [6.07, 6.45) is -3.40. The number of ether oxygens (including phenoxy) is 1. The molecule has 1 heterocycles. The number of methoxy groups -OCH3 is 1. The highest BCUT2D eigenvalue weighted by atomic mass is 35.5. The predicted octanol–water partition coefficient (Wildman–Crippen LogP) is 4.74. The van der Waals surface area contributed by atoms with Crippen LogP contribution in [0.25, 0.3) is 0 Å². The molecule has 1 saturated heterocycles. The van der Waals surface area contributed by atoms with Crippen LogP contribution in [-0.2, 0) is 12.7 Å². The van der Waals surface area contributed by atoms with Gasteiger partial charge in [0.2, 0.25) is 0 Å². The van der Waals surface area contributed by atoms with Gasteiger partial charge in [-0.15, -0.1) is 0 Å². The molecule has 2 aromatic carbocycles. The molecule has 140 valence electrons. The van der Waals surface area contributed by atoms with Crippen molar-refractivity contribution in [2.24, 2.45) is 0 Å². The molecule has 0 radical (unpaired) electrons. The number of hydrogen-bond donors (Lipinski definition) is 1. The minimum atomic E-state index is -4.33. The van der Waals surface area contributed by atoms with Crippen LogP contribution in [0.5, 0.6) is 5.75 Å². The first kappa shape index (κ1) is 18.9. The van der Waals surface area contributed by atoms with Gasteiger partial charge in [0.25, 0.3) is 0 Å². The molecule has 26 heavy (non-hydrogen) atoms. The summed E-state index contributed by atoms with van der Waals surface area (Å²) in [7, 11) is 1.56. The first-order valence-corrected chi connectivity index (χ1v) is 8.73. The van der Waals surface area contributed by atoms with Gasteiger partial charge in [-0.05, 0) is 54.9 Å². The Hall–Kier alpha value is -1.92.